The fourth-order valence-corrected chi connectivity index (χ4v) is 2.03. The van der Waals surface area contributed by atoms with Gasteiger partial charge in [0.05, 0.1) is 0 Å². The molecule has 1 aromatic heterocycles. The van der Waals surface area contributed by atoms with Gasteiger partial charge in [-0.2, -0.15) is 0 Å². The lowest BCUT2D eigenvalue weighted by Crippen LogP contribution is -2.09. The molecule has 0 atom stereocenters. The van der Waals surface area contributed by atoms with E-state index in [1.54, 1.807) is 0 Å². The van der Waals surface area contributed by atoms with Gasteiger partial charge in [-0.3, -0.25) is 0 Å². The second-order valence-corrected chi connectivity index (χ2v) is 5.14. The van der Waals surface area contributed by atoms with Crippen molar-refractivity contribution < 1.29 is 0 Å². The van der Waals surface area contributed by atoms with Crippen LogP contribution < -0.4 is 16.4 Å². The zero-order valence-corrected chi connectivity index (χ0v) is 12.9. The fourth-order valence-electron chi connectivity index (χ4n) is 2.03. The number of aryl methyl sites for hydroxylation is 1. The van der Waals surface area contributed by atoms with Crippen molar-refractivity contribution in [1.82, 2.24) is 9.97 Å². The number of hydrogen-bond acceptors (Lipinski definition) is 5. The molecule has 0 saturated carbocycles. The van der Waals surface area contributed by atoms with E-state index in [2.05, 4.69) is 47.4 Å². The van der Waals surface area contributed by atoms with Crippen LogP contribution in [0.2, 0.25) is 0 Å². The first-order chi connectivity index (χ1) is 10.1. The maximum Gasteiger partial charge on any atom is 0.159 e. The van der Waals surface area contributed by atoms with Gasteiger partial charge in [0.2, 0.25) is 0 Å². The first kappa shape index (κ1) is 15.1. The number of rotatable bonds is 6. The van der Waals surface area contributed by atoms with E-state index in [4.69, 9.17) is 5.73 Å². The van der Waals surface area contributed by atoms with Crippen molar-refractivity contribution in [2.45, 2.75) is 33.6 Å². The molecule has 0 aliphatic heterocycles. The van der Waals surface area contributed by atoms with E-state index in [1.807, 2.05) is 12.1 Å². The molecule has 5 nitrogen and oxygen atoms in total. The topological polar surface area (TPSA) is 75.9 Å². The van der Waals surface area contributed by atoms with Crippen molar-refractivity contribution >= 4 is 23.0 Å². The number of hydrogen-bond donors (Lipinski definition) is 3. The molecule has 0 bridgehead atoms. The number of nitrogens with two attached hydrogens (primary N) is 1. The van der Waals surface area contributed by atoms with E-state index in [-0.39, 0.29) is 0 Å². The van der Waals surface area contributed by atoms with Gasteiger partial charge in [-0.15, -0.1) is 0 Å². The minimum atomic E-state index is 0.550. The van der Waals surface area contributed by atoms with Gasteiger partial charge in [0.1, 0.15) is 12.0 Å². The van der Waals surface area contributed by atoms with Crippen molar-refractivity contribution in [3.05, 3.63) is 35.7 Å². The molecular formula is C16H23N5. The van der Waals surface area contributed by atoms with Crippen LogP contribution in [0.5, 0.6) is 0 Å². The summed E-state index contributed by atoms with van der Waals surface area (Å²) in [6.45, 7) is 7.18. The standard InChI is InChI=1S/C16H23N5/c1-4-5-9-18-15-14(17)16(20-10-19-15)21-13-8-6-7-11(2)12(13)3/h6-8,10H,4-5,9,17H2,1-3H3,(H2,18,19,20,21). The normalized spacial score (nSPS) is 10.4. The Labute approximate surface area is 126 Å². The second-order valence-electron chi connectivity index (χ2n) is 5.14. The largest absolute Gasteiger partial charge is 0.393 e. The smallest absolute Gasteiger partial charge is 0.159 e. The second kappa shape index (κ2) is 6.92. The highest BCUT2D eigenvalue weighted by Gasteiger charge is 2.09. The van der Waals surface area contributed by atoms with Gasteiger partial charge in [0.25, 0.3) is 0 Å². The van der Waals surface area contributed by atoms with Gasteiger partial charge < -0.3 is 16.4 Å². The summed E-state index contributed by atoms with van der Waals surface area (Å²) in [5, 5.41) is 6.55. The Morgan fingerprint density at radius 1 is 1.14 bits per heavy atom. The molecule has 0 unspecified atom stereocenters. The molecule has 1 heterocycles. The molecule has 2 aromatic rings. The third kappa shape index (κ3) is 3.62. The lowest BCUT2D eigenvalue weighted by atomic mass is 10.1. The monoisotopic (exact) mass is 285 g/mol. The molecular weight excluding hydrogens is 262 g/mol. The van der Waals surface area contributed by atoms with Crippen LogP contribution in [-0.4, -0.2) is 16.5 Å². The van der Waals surface area contributed by atoms with Gasteiger partial charge in [-0.1, -0.05) is 25.5 Å². The summed E-state index contributed by atoms with van der Waals surface area (Å²) in [5.41, 5.74) is 10.1. The average Bonchev–Trinajstić information content (AvgIpc) is 2.48. The maximum absolute atomic E-state index is 6.15. The van der Waals surface area contributed by atoms with Crippen LogP contribution in [0.15, 0.2) is 24.5 Å². The first-order valence-corrected chi connectivity index (χ1v) is 7.31. The Morgan fingerprint density at radius 2 is 1.90 bits per heavy atom. The van der Waals surface area contributed by atoms with Crippen LogP contribution in [0.3, 0.4) is 0 Å². The highest BCUT2D eigenvalue weighted by Crippen LogP contribution is 2.28. The zero-order valence-electron chi connectivity index (χ0n) is 12.9. The number of nitrogens with zero attached hydrogens (tertiary/aromatic N) is 2. The zero-order chi connectivity index (χ0) is 15.2. The molecule has 0 radical (unpaired) electrons. The lowest BCUT2D eigenvalue weighted by Gasteiger charge is -2.14. The SMILES string of the molecule is CCCCNc1ncnc(Nc2cccc(C)c2C)c1N. The van der Waals surface area contributed by atoms with Crippen LogP contribution in [0.4, 0.5) is 23.0 Å². The highest BCUT2D eigenvalue weighted by atomic mass is 15.1. The summed E-state index contributed by atoms with van der Waals surface area (Å²) in [4.78, 5) is 8.45. The van der Waals surface area contributed by atoms with Crippen LogP contribution in [-0.2, 0) is 0 Å². The van der Waals surface area contributed by atoms with Gasteiger partial charge >= 0.3 is 0 Å². The molecule has 0 aliphatic carbocycles. The first-order valence-electron chi connectivity index (χ1n) is 7.31. The highest BCUT2D eigenvalue weighted by molar-refractivity contribution is 5.78. The van der Waals surface area contributed by atoms with Crippen LogP contribution >= 0.6 is 0 Å². The summed E-state index contributed by atoms with van der Waals surface area (Å²) in [5.74, 6) is 1.32. The predicted molar refractivity (Wildman–Crippen MR) is 89.0 cm³/mol. The molecule has 0 aliphatic rings. The van der Waals surface area contributed by atoms with E-state index in [0.29, 0.717) is 17.3 Å². The Balaban J connectivity index is 2.20. The number of nitrogens with one attached hydrogen (secondary N) is 2. The summed E-state index contributed by atoms with van der Waals surface area (Å²) in [7, 11) is 0. The fraction of sp³-hybridized carbons (Fsp3) is 0.375. The van der Waals surface area contributed by atoms with E-state index in [0.717, 1.165) is 25.1 Å². The van der Waals surface area contributed by atoms with Crippen molar-refractivity contribution in [1.29, 1.82) is 0 Å². The molecule has 2 rings (SSSR count). The Morgan fingerprint density at radius 3 is 2.67 bits per heavy atom. The van der Waals surface area contributed by atoms with Crippen LogP contribution in [0.25, 0.3) is 0 Å². The summed E-state index contributed by atoms with van der Waals surface area (Å²) < 4.78 is 0. The maximum atomic E-state index is 6.15. The van der Waals surface area contributed by atoms with E-state index in [9.17, 15) is 0 Å². The molecule has 0 spiro atoms. The summed E-state index contributed by atoms with van der Waals surface area (Å²) in [6, 6.07) is 6.12. The molecule has 5 heteroatoms. The third-order valence-electron chi connectivity index (χ3n) is 3.56. The Hall–Kier alpha value is -2.30. The number of aromatic nitrogens is 2. The molecule has 0 fully saturated rings. The Bertz CT molecular complexity index is 610. The van der Waals surface area contributed by atoms with Crippen molar-refractivity contribution in [2.75, 3.05) is 22.9 Å². The van der Waals surface area contributed by atoms with E-state index < -0.39 is 0 Å². The molecule has 21 heavy (non-hydrogen) atoms. The Kier molecular flexibility index (Phi) is 4.98. The van der Waals surface area contributed by atoms with Crippen LogP contribution in [0.1, 0.15) is 30.9 Å². The van der Waals surface area contributed by atoms with Gasteiger partial charge in [-0.25, -0.2) is 9.97 Å². The van der Waals surface area contributed by atoms with Gasteiger partial charge in [-0.05, 0) is 37.5 Å². The van der Waals surface area contributed by atoms with Crippen molar-refractivity contribution in [3.63, 3.8) is 0 Å². The number of nitrogen functional groups attached to an aromatic ring is 1. The number of benzene rings is 1. The lowest BCUT2D eigenvalue weighted by molar-refractivity contribution is 0.831. The van der Waals surface area contributed by atoms with E-state index in [1.165, 1.54) is 17.5 Å². The molecule has 4 N–H and O–H groups in total. The minimum absolute atomic E-state index is 0.550. The minimum Gasteiger partial charge on any atom is -0.393 e. The average molecular weight is 285 g/mol. The van der Waals surface area contributed by atoms with Gasteiger partial charge in [0, 0.05) is 12.2 Å². The summed E-state index contributed by atoms with van der Waals surface area (Å²) >= 11 is 0. The van der Waals surface area contributed by atoms with Gasteiger partial charge in [0.15, 0.2) is 11.6 Å². The summed E-state index contributed by atoms with van der Waals surface area (Å²) in [6.07, 6.45) is 3.74. The van der Waals surface area contributed by atoms with Crippen molar-refractivity contribution in [2.24, 2.45) is 0 Å². The molecule has 0 saturated heterocycles. The van der Waals surface area contributed by atoms with E-state index >= 15 is 0 Å². The predicted octanol–water partition coefficient (Wildman–Crippen LogP) is 3.63. The molecule has 0 amide bonds. The van der Waals surface area contributed by atoms with Crippen LogP contribution in [0, 0.1) is 13.8 Å². The number of unbranched alkanes of at least 4 members (excludes halogenated alkanes) is 1. The molecule has 1 aromatic carbocycles. The molecule has 112 valence electrons. The quantitative estimate of drug-likeness (QED) is 0.707. The third-order valence-corrected chi connectivity index (χ3v) is 3.56. The van der Waals surface area contributed by atoms with Crippen molar-refractivity contribution in [3.8, 4) is 0 Å². The number of anilines is 4.